The molecule has 1 heterocycles. The van der Waals surface area contributed by atoms with Crippen molar-refractivity contribution in [2.24, 2.45) is 5.92 Å². The summed E-state index contributed by atoms with van der Waals surface area (Å²) in [6, 6.07) is 18.7. The molecule has 1 aliphatic heterocycles. The third kappa shape index (κ3) is 4.02. The van der Waals surface area contributed by atoms with E-state index in [0.29, 0.717) is 25.7 Å². The molecule has 1 N–H and O–H groups in total. The predicted molar refractivity (Wildman–Crippen MR) is 95.4 cm³/mol. The van der Waals surface area contributed by atoms with Gasteiger partial charge in [-0.05, 0) is 36.1 Å². The van der Waals surface area contributed by atoms with Crippen molar-refractivity contribution in [3.05, 3.63) is 65.7 Å². The topological polar surface area (TPSA) is 47.6 Å². The normalized spacial score (nSPS) is 24.7. The highest BCUT2D eigenvalue weighted by atomic mass is 16.5. The largest absolute Gasteiger partial charge is 0.489 e. The maximum absolute atomic E-state index is 12.1. The van der Waals surface area contributed by atoms with Gasteiger partial charge in [0, 0.05) is 18.6 Å². The quantitative estimate of drug-likeness (QED) is 0.880. The first-order chi connectivity index (χ1) is 12.3. The Morgan fingerprint density at radius 1 is 1.12 bits per heavy atom. The molecule has 0 aromatic heterocycles. The first-order valence-electron chi connectivity index (χ1n) is 8.94. The highest BCUT2D eigenvalue weighted by molar-refractivity contribution is 5.79. The molecule has 2 aliphatic rings. The summed E-state index contributed by atoms with van der Waals surface area (Å²) in [7, 11) is 0. The third-order valence-electron chi connectivity index (χ3n) is 4.98. The molecule has 4 rings (SSSR count). The van der Waals surface area contributed by atoms with Crippen LogP contribution >= 0.6 is 0 Å². The number of benzene rings is 2. The van der Waals surface area contributed by atoms with Crippen molar-refractivity contribution in [3.63, 3.8) is 0 Å². The molecule has 3 atom stereocenters. The summed E-state index contributed by atoms with van der Waals surface area (Å²) in [5.41, 5.74) is 2.42. The lowest BCUT2D eigenvalue weighted by atomic mass is 10.1. The lowest BCUT2D eigenvalue weighted by Gasteiger charge is -2.10. The van der Waals surface area contributed by atoms with Gasteiger partial charge in [0.15, 0.2) is 0 Å². The predicted octanol–water partition coefficient (Wildman–Crippen LogP) is 3.27. The van der Waals surface area contributed by atoms with Crippen molar-refractivity contribution >= 4 is 5.91 Å². The summed E-state index contributed by atoms with van der Waals surface area (Å²) in [5, 5.41) is 3.16. The number of carbonyl (C=O) groups is 1. The van der Waals surface area contributed by atoms with Crippen LogP contribution in [0.25, 0.3) is 0 Å². The number of rotatable bonds is 6. The SMILES string of the molecule is O=C(N[C@@H]1C[C@H]1c1ccc(OCc2ccccc2)cc1)[C@H]1CCOC1. The summed E-state index contributed by atoms with van der Waals surface area (Å²) in [4.78, 5) is 12.1. The average molecular weight is 337 g/mol. The maximum atomic E-state index is 12.1. The van der Waals surface area contributed by atoms with Gasteiger partial charge in [-0.15, -0.1) is 0 Å². The van der Waals surface area contributed by atoms with E-state index in [9.17, 15) is 4.79 Å². The van der Waals surface area contributed by atoms with E-state index in [1.54, 1.807) is 0 Å². The van der Waals surface area contributed by atoms with Gasteiger partial charge in [0.25, 0.3) is 0 Å². The van der Waals surface area contributed by atoms with Gasteiger partial charge >= 0.3 is 0 Å². The first-order valence-corrected chi connectivity index (χ1v) is 8.94. The second-order valence-corrected chi connectivity index (χ2v) is 6.86. The molecule has 4 nitrogen and oxygen atoms in total. The van der Waals surface area contributed by atoms with E-state index in [2.05, 4.69) is 29.6 Å². The van der Waals surface area contributed by atoms with E-state index in [1.165, 1.54) is 5.56 Å². The minimum absolute atomic E-state index is 0.0370. The van der Waals surface area contributed by atoms with Gasteiger partial charge in [0.2, 0.25) is 5.91 Å². The minimum Gasteiger partial charge on any atom is -0.489 e. The number of ether oxygens (including phenoxy) is 2. The molecule has 0 spiro atoms. The maximum Gasteiger partial charge on any atom is 0.225 e. The Labute approximate surface area is 148 Å². The van der Waals surface area contributed by atoms with Crippen molar-refractivity contribution in [2.45, 2.75) is 31.4 Å². The van der Waals surface area contributed by atoms with E-state index in [-0.39, 0.29) is 17.9 Å². The number of hydrogen-bond acceptors (Lipinski definition) is 3. The van der Waals surface area contributed by atoms with E-state index in [0.717, 1.165) is 24.2 Å². The van der Waals surface area contributed by atoms with Gasteiger partial charge in [-0.1, -0.05) is 42.5 Å². The highest BCUT2D eigenvalue weighted by Gasteiger charge is 2.40. The van der Waals surface area contributed by atoms with Crippen molar-refractivity contribution < 1.29 is 14.3 Å². The number of amides is 1. The van der Waals surface area contributed by atoms with Crippen molar-refractivity contribution in [2.75, 3.05) is 13.2 Å². The Kier molecular flexibility index (Phi) is 4.70. The minimum atomic E-state index is 0.0370. The second kappa shape index (κ2) is 7.28. The number of carbonyl (C=O) groups excluding carboxylic acids is 1. The third-order valence-corrected chi connectivity index (χ3v) is 4.98. The van der Waals surface area contributed by atoms with E-state index < -0.39 is 0 Å². The van der Waals surface area contributed by atoms with Crippen LogP contribution in [-0.2, 0) is 16.1 Å². The summed E-state index contributed by atoms with van der Waals surface area (Å²) < 4.78 is 11.1. The van der Waals surface area contributed by atoms with Gasteiger partial charge in [-0.3, -0.25) is 4.79 Å². The van der Waals surface area contributed by atoms with Crippen molar-refractivity contribution in [1.29, 1.82) is 0 Å². The van der Waals surface area contributed by atoms with Crippen molar-refractivity contribution in [3.8, 4) is 5.75 Å². The van der Waals surface area contributed by atoms with Gasteiger partial charge in [0.05, 0.1) is 12.5 Å². The lowest BCUT2D eigenvalue weighted by molar-refractivity contribution is -0.125. The molecule has 4 heteroatoms. The van der Waals surface area contributed by atoms with E-state index in [4.69, 9.17) is 9.47 Å². The zero-order valence-corrected chi connectivity index (χ0v) is 14.2. The Bertz CT molecular complexity index is 708. The highest BCUT2D eigenvalue weighted by Crippen LogP contribution is 2.41. The van der Waals surface area contributed by atoms with Gasteiger partial charge in [-0.25, -0.2) is 0 Å². The standard InChI is InChI=1S/C21H23NO3/c23-21(17-10-11-24-14-17)22-20-12-19(20)16-6-8-18(9-7-16)25-13-15-4-2-1-3-5-15/h1-9,17,19-20H,10-14H2,(H,22,23)/t17-,19-,20+/m0/s1. The molecule has 0 bridgehead atoms. The van der Waals surface area contributed by atoms with Crippen LogP contribution in [0.1, 0.15) is 29.9 Å². The fourth-order valence-corrected chi connectivity index (χ4v) is 3.32. The van der Waals surface area contributed by atoms with E-state index >= 15 is 0 Å². The van der Waals surface area contributed by atoms with Crippen LogP contribution < -0.4 is 10.1 Å². The molecule has 1 aliphatic carbocycles. The summed E-state index contributed by atoms with van der Waals surface area (Å²) >= 11 is 0. The Morgan fingerprint density at radius 3 is 2.64 bits per heavy atom. The fourth-order valence-electron chi connectivity index (χ4n) is 3.32. The second-order valence-electron chi connectivity index (χ2n) is 6.86. The molecule has 0 radical (unpaired) electrons. The smallest absolute Gasteiger partial charge is 0.225 e. The molecule has 2 aromatic carbocycles. The number of hydrogen-bond donors (Lipinski definition) is 1. The molecular weight excluding hydrogens is 314 g/mol. The molecule has 130 valence electrons. The van der Waals surface area contributed by atoms with Crippen LogP contribution in [0.15, 0.2) is 54.6 Å². The van der Waals surface area contributed by atoms with Gasteiger partial charge in [0.1, 0.15) is 12.4 Å². The van der Waals surface area contributed by atoms with Gasteiger partial charge in [-0.2, -0.15) is 0 Å². The molecule has 2 fully saturated rings. The average Bonchev–Trinajstić information content (AvgIpc) is 3.19. The molecule has 1 saturated heterocycles. The lowest BCUT2D eigenvalue weighted by Crippen LogP contribution is -2.33. The molecule has 1 saturated carbocycles. The monoisotopic (exact) mass is 337 g/mol. The Balaban J connectivity index is 1.27. The van der Waals surface area contributed by atoms with Crippen LogP contribution in [0.3, 0.4) is 0 Å². The zero-order chi connectivity index (χ0) is 17.1. The van der Waals surface area contributed by atoms with Crippen LogP contribution in [0.2, 0.25) is 0 Å². The van der Waals surface area contributed by atoms with Crippen LogP contribution in [0, 0.1) is 5.92 Å². The molecule has 2 aromatic rings. The van der Waals surface area contributed by atoms with Crippen LogP contribution in [-0.4, -0.2) is 25.2 Å². The number of nitrogens with one attached hydrogen (secondary N) is 1. The van der Waals surface area contributed by atoms with Crippen LogP contribution in [0.4, 0.5) is 0 Å². The summed E-state index contributed by atoms with van der Waals surface area (Å²) in [6.45, 7) is 1.85. The summed E-state index contributed by atoms with van der Waals surface area (Å²) in [5.74, 6) is 1.48. The first kappa shape index (κ1) is 16.2. The molecule has 25 heavy (non-hydrogen) atoms. The summed E-state index contributed by atoms with van der Waals surface area (Å²) in [6.07, 6.45) is 1.86. The Hall–Kier alpha value is -2.33. The van der Waals surface area contributed by atoms with E-state index in [1.807, 2.05) is 30.3 Å². The molecule has 0 unspecified atom stereocenters. The fraction of sp³-hybridized carbons (Fsp3) is 0.381. The van der Waals surface area contributed by atoms with Gasteiger partial charge < -0.3 is 14.8 Å². The molecule has 1 amide bonds. The van der Waals surface area contributed by atoms with Crippen LogP contribution in [0.5, 0.6) is 5.75 Å². The zero-order valence-electron chi connectivity index (χ0n) is 14.2. The molecular formula is C21H23NO3. The van der Waals surface area contributed by atoms with Crippen molar-refractivity contribution in [1.82, 2.24) is 5.32 Å². The Morgan fingerprint density at radius 2 is 1.92 bits per heavy atom.